The van der Waals surface area contributed by atoms with Crippen LogP contribution in [0.3, 0.4) is 0 Å². The number of hydrogen-bond donors (Lipinski definition) is 2. The molecule has 0 spiro atoms. The van der Waals surface area contributed by atoms with E-state index in [0.717, 1.165) is 29.7 Å². The van der Waals surface area contributed by atoms with Crippen molar-refractivity contribution in [3.05, 3.63) is 101 Å². The number of aromatic nitrogens is 1. The normalized spacial score (nSPS) is 16.2. The second-order valence-corrected chi connectivity index (χ2v) is 9.38. The fourth-order valence-electron chi connectivity index (χ4n) is 4.38. The second-order valence-electron chi connectivity index (χ2n) is 8.95. The van der Waals surface area contributed by atoms with Gasteiger partial charge in [-0.1, -0.05) is 60.1 Å². The highest BCUT2D eigenvalue weighted by molar-refractivity contribution is 6.30. The zero-order chi connectivity index (χ0) is 25.3. The number of carbonyl (C=O) groups is 2. The molecule has 2 atom stereocenters. The van der Waals surface area contributed by atoms with Crippen molar-refractivity contribution in [1.82, 2.24) is 15.2 Å². The SMILES string of the molecule is O=C(CN1CCC(OC(c2ccc(Cl)cc2)c2ccccn2)CC1)N[C@@H](Cc1ccccc1)C(=O)O. The number of nitrogens with zero attached hydrogens (tertiary/aromatic N) is 2. The maximum Gasteiger partial charge on any atom is 0.326 e. The van der Waals surface area contributed by atoms with Crippen LogP contribution in [0.1, 0.15) is 35.8 Å². The number of carbonyl (C=O) groups excluding carboxylic acids is 1. The van der Waals surface area contributed by atoms with Crippen LogP contribution in [0.4, 0.5) is 0 Å². The van der Waals surface area contributed by atoms with Crippen LogP contribution >= 0.6 is 11.6 Å². The Bertz CT molecular complexity index is 1120. The lowest BCUT2D eigenvalue weighted by atomic mass is 10.0. The molecule has 1 fully saturated rings. The molecular weight excluding hydrogens is 478 g/mol. The van der Waals surface area contributed by atoms with Crippen LogP contribution in [0, 0.1) is 0 Å². The molecule has 7 nitrogen and oxygen atoms in total. The van der Waals surface area contributed by atoms with Gasteiger partial charge in [-0.25, -0.2) is 4.79 Å². The van der Waals surface area contributed by atoms with Gasteiger partial charge in [0.25, 0.3) is 0 Å². The number of aliphatic carboxylic acids is 1. The van der Waals surface area contributed by atoms with E-state index >= 15 is 0 Å². The summed E-state index contributed by atoms with van der Waals surface area (Å²) in [6.07, 6.45) is 3.23. The average Bonchev–Trinajstić information content (AvgIpc) is 2.89. The van der Waals surface area contributed by atoms with Gasteiger partial charge in [-0.2, -0.15) is 0 Å². The van der Waals surface area contributed by atoms with Crippen LogP contribution in [0.25, 0.3) is 0 Å². The molecule has 8 heteroatoms. The van der Waals surface area contributed by atoms with Gasteiger partial charge in [0, 0.05) is 30.7 Å². The topological polar surface area (TPSA) is 91.8 Å². The van der Waals surface area contributed by atoms with Gasteiger partial charge < -0.3 is 15.2 Å². The number of amides is 1. The van der Waals surface area contributed by atoms with Crippen molar-refractivity contribution in [2.24, 2.45) is 0 Å². The van der Waals surface area contributed by atoms with Crippen LogP contribution in [-0.4, -0.2) is 58.6 Å². The van der Waals surface area contributed by atoms with E-state index in [1.807, 2.05) is 77.7 Å². The maximum absolute atomic E-state index is 12.6. The summed E-state index contributed by atoms with van der Waals surface area (Å²) < 4.78 is 6.51. The van der Waals surface area contributed by atoms with Crippen LogP contribution in [0.2, 0.25) is 5.02 Å². The molecule has 1 saturated heterocycles. The molecule has 4 rings (SSSR count). The Labute approximate surface area is 216 Å². The van der Waals surface area contributed by atoms with Gasteiger partial charge in [-0.15, -0.1) is 0 Å². The number of halogens is 1. The largest absolute Gasteiger partial charge is 0.480 e. The third-order valence-electron chi connectivity index (χ3n) is 6.28. The van der Waals surface area contributed by atoms with Gasteiger partial charge in [0.15, 0.2) is 0 Å². The Hall–Kier alpha value is -3.26. The molecule has 2 aromatic carbocycles. The molecule has 1 aliphatic rings. The zero-order valence-corrected chi connectivity index (χ0v) is 20.7. The number of nitrogens with one attached hydrogen (secondary N) is 1. The summed E-state index contributed by atoms with van der Waals surface area (Å²) in [6, 6.07) is 21.7. The average molecular weight is 508 g/mol. The first-order valence-corrected chi connectivity index (χ1v) is 12.5. The number of rotatable bonds is 10. The lowest BCUT2D eigenvalue weighted by molar-refractivity contribution is -0.142. The van der Waals surface area contributed by atoms with E-state index in [1.54, 1.807) is 6.20 Å². The summed E-state index contributed by atoms with van der Waals surface area (Å²) in [5.74, 6) is -1.33. The molecule has 0 bridgehead atoms. The molecule has 0 saturated carbocycles. The predicted molar refractivity (Wildman–Crippen MR) is 138 cm³/mol. The minimum Gasteiger partial charge on any atom is -0.480 e. The zero-order valence-electron chi connectivity index (χ0n) is 19.9. The highest BCUT2D eigenvalue weighted by atomic mass is 35.5. The highest BCUT2D eigenvalue weighted by Gasteiger charge is 2.27. The summed E-state index contributed by atoms with van der Waals surface area (Å²) in [4.78, 5) is 30.8. The van der Waals surface area contributed by atoms with Crippen molar-refractivity contribution >= 4 is 23.5 Å². The van der Waals surface area contributed by atoms with Crippen LogP contribution in [0.5, 0.6) is 0 Å². The Morgan fingerprint density at radius 3 is 2.36 bits per heavy atom. The first-order chi connectivity index (χ1) is 17.5. The number of benzene rings is 2. The van der Waals surface area contributed by atoms with E-state index in [0.29, 0.717) is 18.1 Å². The Morgan fingerprint density at radius 1 is 1.03 bits per heavy atom. The van der Waals surface area contributed by atoms with E-state index in [2.05, 4.69) is 10.3 Å². The van der Waals surface area contributed by atoms with Crippen molar-refractivity contribution in [3.63, 3.8) is 0 Å². The minimum absolute atomic E-state index is 0.0110. The number of piperidine rings is 1. The second kappa shape index (κ2) is 12.6. The molecule has 3 aromatic rings. The first kappa shape index (κ1) is 25.8. The van der Waals surface area contributed by atoms with Crippen LogP contribution in [-0.2, 0) is 20.7 Å². The third kappa shape index (κ3) is 7.37. The fourth-order valence-corrected chi connectivity index (χ4v) is 4.50. The molecule has 188 valence electrons. The van der Waals surface area contributed by atoms with E-state index < -0.39 is 12.0 Å². The molecule has 1 aromatic heterocycles. The van der Waals surface area contributed by atoms with Crippen LogP contribution in [0.15, 0.2) is 79.0 Å². The lowest BCUT2D eigenvalue weighted by Crippen LogP contribution is -2.48. The van der Waals surface area contributed by atoms with Gasteiger partial charge in [0.05, 0.1) is 18.3 Å². The van der Waals surface area contributed by atoms with E-state index in [4.69, 9.17) is 16.3 Å². The van der Waals surface area contributed by atoms with Crippen LogP contribution < -0.4 is 5.32 Å². The minimum atomic E-state index is -1.04. The number of pyridine rings is 1. The maximum atomic E-state index is 12.6. The molecule has 1 amide bonds. The number of carboxylic acids is 1. The first-order valence-electron chi connectivity index (χ1n) is 12.1. The summed E-state index contributed by atoms with van der Waals surface area (Å²) in [7, 11) is 0. The smallest absolute Gasteiger partial charge is 0.326 e. The van der Waals surface area contributed by atoms with Crippen molar-refractivity contribution in [2.45, 2.75) is 37.5 Å². The number of ether oxygens (including phenoxy) is 1. The molecule has 0 aliphatic carbocycles. The van der Waals surface area contributed by atoms with Crippen molar-refractivity contribution < 1.29 is 19.4 Å². The molecule has 2 heterocycles. The summed E-state index contributed by atoms with van der Waals surface area (Å²) in [5, 5.41) is 12.9. The highest BCUT2D eigenvalue weighted by Crippen LogP contribution is 2.29. The molecule has 2 N–H and O–H groups in total. The quantitative estimate of drug-likeness (QED) is 0.429. The Balaban J connectivity index is 1.30. The van der Waals surface area contributed by atoms with Gasteiger partial charge in [0.1, 0.15) is 12.1 Å². The van der Waals surface area contributed by atoms with Crippen molar-refractivity contribution in [2.75, 3.05) is 19.6 Å². The molecule has 1 aliphatic heterocycles. The Kier molecular flexibility index (Phi) is 9.06. The van der Waals surface area contributed by atoms with Crippen molar-refractivity contribution in [1.29, 1.82) is 0 Å². The van der Waals surface area contributed by atoms with E-state index in [1.165, 1.54) is 0 Å². The molecule has 1 unspecified atom stereocenters. The van der Waals surface area contributed by atoms with Crippen molar-refractivity contribution in [3.8, 4) is 0 Å². The van der Waals surface area contributed by atoms with E-state index in [-0.39, 0.29) is 31.1 Å². The Morgan fingerprint density at radius 2 is 1.72 bits per heavy atom. The summed E-state index contributed by atoms with van der Waals surface area (Å²) in [6.45, 7) is 1.53. The van der Waals surface area contributed by atoms with E-state index in [9.17, 15) is 14.7 Å². The molecular formula is C28H30ClN3O4. The van der Waals surface area contributed by atoms with Gasteiger partial charge in [-0.05, 0) is 48.2 Å². The van der Waals surface area contributed by atoms with Gasteiger partial charge >= 0.3 is 5.97 Å². The summed E-state index contributed by atoms with van der Waals surface area (Å²) >= 11 is 6.07. The molecule has 0 radical (unpaired) electrons. The number of carboxylic acid groups (broad SMARTS) is 1. The lowest BCUT2D eigenvalue weighted by Gasteiger charge is -2.33. The monoisotopic (exact) mass is 507 g/mol. The number of likely N-dealkylation sites (tertiary alicyclic amines) is 1. The predicted octanol–water partition coefficient (Wildman–Crippen LogP) is 4.12. The fraction of sp³-hybridized carbons (Fsp3) is 0.321. The van der Waals surface area contributed by atoms with Gasteiger partial charge in [0.2, 0.25) is 5.91 Å². The standard InChI is InChI=1S/C28H30ClN3O4/c29-22-11-9-21(10-12-22)27(24-8-4-5-15-30-24)36-23-13-16-32(17-14-23)19-26(33)31-25(28(34)35)18-20-6-2-1-3-7-20/h1-12,15,23,25,27H,13-14,16-19H2,(H,31,33)(H,34,35)/t25-,27?/m0/s1. The molecule has 36 heavy (non-hydrogen) atoms. The van der Waals surface area contributed by atoms with Gasteiger partial charge in [-0.3, -0.25) is 14.7 Å². The number of hydrogen-bond acceptors (Lipinski definition) is 5. The summed E-state index contributed by atoms with van der Waals surface area (Å²) in [5.41, 5.74) is 2.68. The third-order valence-corrected chi connectivity index (χ3v) is 6.53.